The Morgan fingerprint density at radius 3 is 1.65 bits per heavy atom. The molecule has 0 saturated heterocycles. The zero-order chi connectivity index (χ0) is 44.8. The summed E-state index contributed by atoms with van der Waals surface area (Å²) in [6.45, 7) is 2.38. The minimum atomic E-state index is -1.53. The van der Waals surface area contributed by atoms with Gasteiger partial charge in [0.1, 0.15) is 30.2 Å². The first-order chi connectivity index (χ1) is 28.5. The quantitative estimate of drug-likeness (QED) is 0.0426. The van der Waals surface area contributed by atoms with E-state index in [2.05, 4.69) is 37.2 Å². The van der Waals surface area contributed by atoms with Crippen molar-refractivity contribution in [3.63, 3.8) is 0 Å². The van der Waals surface area contributed by atoms with Crippen LogP contribution in [0.25, 0.3) is 0 Å². The zero-order valence-electron chi connectivity index (χ0n) is 33.9. The van der Waals surface area contributed by atoms with E-state index < -0.39 is 83.7 Å². The number of anilines is 1. The van der Waals surface area contributed by atoms with E-state index in [4.69, 9.17) is 28.7 Å². The number of nitrogens with two attached hydrogens (primary N) is 5. The topological polar surface area (TPSA) is 371 Å². The highest BCUT2D eigenvalue weighted by Gasteiger charge is 2.32. The summed E-state index contributed by atoms with van der Waals surface area (Å²) in [6, 6.07) is 7.74. The molecule has 0 saturated carbocycles. The van der Waals surface area contributed by atoms with Gasteiger partial charge in [-0.1, -0.05) is 42.5 Å². The molecule has 0 aliphatic rings. The van der Waals surface area contributed by atoms with E-state index in [0.29, 0.717) is 11.3 Å². The summed E-state index contributed by atoms with van der Waals surface area (Å²) >= 11 is 0. The number of carbonyl (C=O) groups excluding carboxylic acids is 8. The largest absolute Gasteiger partial charge is 0.391 e. The van der Waals surface area contributed by atoms with E-state index >= 15 is 0 Å². The summed E-state index contributed by atoms with van der Waals surface area (Å²) in [6.07, 6.45) is -1.72. The molecule has 0 unspecified atom stereocenters. The van der Waals surface area contributed by atoms with Crippen LogP contribution in [0.15, 0.2) is 54.6 Å². The summed E-state index contributed by atoms with van der Waals surface area (Å²) in [7, 11) is 0. The summed E-state index contributed by atoms with van der Waals surface area (Å²) in [5.74, 6) is -5.64. The molecular weight excluding hydrogens is 781 g/mol. The first-order valence-electron chi connectivity index (χ1n) is 19.5. The first kappa shape index (κ1) is 50.1. The molecule has 0 aliphatic heterocycles. The number of carbonyl (C=O) groups is 8. The Hall–Kier alpha value is -6.00. The molecule has 330 valence electrons. The van der Waals surface area contributed by atoms with E-state index in [-0.39, 0.29) is 70.6 Å². The van der Waals surface area contributed by atoms with Gasteiger partial charge in [-0.15, -0.1) is 0 Å². The van der Waals surface area contributed by atoms with Crippen LogP contribution in [0, 0.1) is 0 Å². The van der Waals surface area contributed by atoms with E-state index in [9.17, 15) is 43.5 Å². The third-order valence-corrected chi connectivity index (χ3v) is 9.02. The molecule has 60 heavy (non-hydrogen) atoms. The zero-order valence-corrected chi connectivity index (χ0v) is 33.9. The van der Waals surface area contributed by atoms with Gasteiger partial charge in [-0.25, -0.2) is 0 Å². The van der Waals surface area contributed by atoms with Gasteiger partial charge in [-0.2, -0.15) is 0 Å². The Morgan fingerprint density at radius 2 is 1.13 bits per heavy atom. The van der Waals surface area contributed by atoms with E-state index in [1.807, 2.05) is 0 Å². The van der Waals surface area contributed by atoms with Crippen molar-refractivity contribution in [3.8, 4) is 0 Å². The average Bonchev–Trinajstić information content (AvgIpc) is 3.19. The van der Waals surface area contributed by atoms with Gasteiger partial charge in [0.2, 0.25) is 47.3 Å². The molecule has 0 fully saturated rings. The standard InChI is InChI=1S/C39H60N12O9/c1-22(52)33(51-38(59)29(14-18-42)48-35(56)27(43)12-16-40)39(60)45-19-15-30(47-32(54)21-25-8-10-26(11-9-25)46-23(2)53)37(58)49-28(13-17-41)36(57)50-31(34(44)55)20-24-6-4-3-5-7-24/h3-11,22,27-31,33,52H,12-21,40-43H2,1-2H3,(H2,44,55)(H,45,60)(H,46,53)(H,47,54)(H,48,56)(H,49,58)(H,50,57)(H,51,59)/t22-,27+,28+,29+,30+,31-,33+/m1/s1. The highest BCUT2D eigenvalue weighted by Crippen LogP contribution is 2.11. The molecule has 0 heterocycles. The average molecular weight is 841 g/mol. The lowest BCUT2D eigenvalue weighted by Crippen LogP contribution is -2.59. The van der Waals surface area contributed by atoms with Crippen molar-refractivity contribution in [2.75, 3.05) is 31.5 Å². The lowest BCUT2D eigenvalue weighted by molar-refractivity contribution is -0.134. The molecular formula is C39H60N12O9. The van der Waals surface area contributed by atoms with Crippen molar-refractivity contribution < 1.29 is 43.5 Å². The van der Waals surface area contributed by atoms with Gasteiger partial charge in [0.15, 0.2) is 0 Å². The summed E-state index contributed by atoms with van der Waals surface area (Å²) in [5, 5.41) is 28.2. The van der Waals surface area contributed by atoms with E-state index in [1.54, 1.807) is 54.6 Å². The van der Waals surface area contributed by atoms with Crippen LogP contribution >= 0.6 is 0 Å². The van der Waals surface area contributed by atoms with Crippen LogP contribution in [0.1, 0.15) is 50.7 Å². The fourth-order valence-electron chi connectivity index (χ4n) is 5.80. The Balaban J connectivity index is 2.25. The summed E-state index contributed by atoms with van der Waals surface area (Å²) < 4.78 is 0. The van der Waals surface area contributed by atoms with Gasteiger partial charge in [0, 0.05) is 25.6 Å². The Labute approximate surface area is 348 Å². The monoisotopic (exact) mass is 840 g/mol. The minimum absolute atomic E-state index is 0.0131. The SMILES string of the molecule is CC(=O)Nc1ccc(CC(=O)N[C@@H](CCNC(=O)[C@@H](NC(=O)[C@H](CCN)NC(=O)[C@@H](N)CCN)[C@@H](C)O)C(=O)N[C@@H](CCN)C(=O)N[C@H](Cc2ccccc2)C(N)=O)cc1. The molecule has 0 bridgehead atoms. The third kappa shape index (κ3) is 17.9. The minimum Gasteiger partial charge on any atom is -0.391 e. The number of aliphatic hydroxyl groups is 1. The maximum Gasteiger partial charge on any atom is 0.245 e. The fourth-order valence-corrected chi connectivity index (χ4v) is 5.80. The second-order valence-corrected chi connectivity index (χ2v) is 14.1. The normalized spacial score (nSPS) is 14.4. The molecule has 8 amide bonds. The highest BCUT2D eigenvalue weighted by molar-refractivity contribution is 5.95. The Morgan fingerprint density at radius 1 is 0.617 bits per heavy atom. The first-order valence-corrected chi connectivity index (χ1v) is 19.5. The number of aliphatic hydroxyl groups excluding tert-OH is 1. The summed E-state index contributed by atoms with van der Waals surface area (Å²) in [5.41, 5.74) is 30.0. The lowest BCUT2D eigenvalue weighted by Gasteiger charge is -2.26. The number of hydrogen-bond acceptors (Lipinski definition) is 13. The molecule has 0 spiro atoms. The van der Waals surface area contributed by atoms with Crippen molar-refractivity contribution in [1.82, 2.24) is 31.9 Å². The molecule has 0 radical (unpaired) electrons. The highest BCUT2D eigenvalue weighted by atomic mass is 16.3. The number of amides is 8. The second kappa shape index (κ2) is 26.2. The van der Waals surface area contributed by atoms with Gasteiger partial charge in [-0.05, 0) is 75.5 Å². The number of rotatable bonds is 26. The van der Waals surface area contributed by atoms with Crippen molar-refractivity contribution in [1.29, 1.82) is 0 Å². The van der Waals surface area contributed by atoms with Crippen LogP contribution in [0.2, 0.25) is 0 Å². The Bertz CT molecular complexity index is 1750. The predicted octanol–water partition coefficient (Wildman–Crippen LogP) is -4.40. The van der Waals surface area contributed by atoms with Crippen LogP contribution in [0.3, 0.4) is 0 Å². The molecule has 2 aromatic rings. The van der Waals surface area contributed by atoms with Crippen LogP contribution in [0.4, 0.5) is 5.69 Å². The predicted molar refractivity (Wildman–Crippen MR) is 222 cm³/mol. The lowest BCUT2D eigenvalue weighted by atomic mass is 10.0. The maximum absolute atomic E-state index is 13.8. The molecule has 2 rings (SSSR count). The molecule has 7 atom stereocenters. The number of primary amides is 1. The number of benzene rings is 2. The van der Waals surface area contributed by atoms with Crippen LogP contribution in [-0.2, 0) is 51.2 Å². The molecule has 0 aliphatic carbocycles. The molecule has 0 aromatic heterocycles. The number of hydrogen-bond donors (Lipinski definition) is 13. The maximum atomic E-state index is 13.8. The van der Waals surface area contributed by atoms with Crippen LogP contribution < -0.4 is 65.9 Å². The van der Waals surface area contributed by atoms with Crippen LogP contribution in [-0.4, -0.2) is 121 Å². The number of nitrogens with one attached hydrogen (secondary N) is 7. The Kier molecular flexibility index (Phi) is 21.9. The van der Waals surface area contributed by atoms with Crippen LogP contribution in [0.5, 0.6) is 0 Å². The summed E-state index contributed by atoms with van der Waals surface area (Å²) in [4.78, 5) is 103. The molecule has 21 heteroatoms. The van der Waals surface area contributed by atoms with E-state index in [0.717, 1.165) is 5.56 Å². The fraction of sp³-hybridized carbons (Fsp3) is 0.487. The van der Waals surface area contributed by atoms with Crippen molar-refractivity contribution in [2.24, 2.45) is 28.7 Å². The smallest absolute Gasteiger partial charge is 0.245 e. The van der Waals surface area contributed by atoms with E-state index in [1.165, 1.54) is 13.8 Å². The van der Waals surface area contributed by atoms with Gasteiger partial charge in [0.25, 0.3) is 0 Å². The van der Waals surface area contributed by atoms with Crippen molar-refractivity contribution in [2.45, 2.75) is 94.7 Å². The molecule has 21 nitrogen and oxygen atoms in total. The molecule has 2 aromatic carbocycles. The van der Waals surface area contributed by atoms with Crippen molar-refractivity contribution >= 4 is 52.9 Å². The molecule has 18 N–H and O–H groups in total. The second-order valence-electron chi connectivity index (χ2n) is 14.1. The van der Waals surface area contributed by atoms with Gasteiger partial charge in [0.05, 0.1) is 18.6 Å². The van der Waals surface area contributed by atoms with Crippen molar-refractivity contribution in [3.05, 3.63) is 65.7 Å². The third-order valence-electron chi connectivity index (χ3n) is 9.02. The van der Waals surface area contributed by atoms with Gasteiger partial charge < -0.3 is 71.0 Å². The van der Waals surface area contributed by atoms with Gasteiger partial charge >= 0.3 is 0 Å². The van der Waals surface area contributed by atoms with Gasteiger partial charge in [-0.3, -0.25) is 38.4 Å².